The molecule has 0 aliphatic carbocycles. The third-order valence-corrected chi connectivity index (χ3v) is 13.8. The first kappa shape index (κ1) is 61.2. The summed E-state index contributed by atoms with van der Waals surface area (Å²) in [6, 6.07) is 58.6. The Morgan fingerprint density at radius 1 is 0.549 bits per heavy atom. The van der Waals surface area contributed by atoms with Crippen molar-refractivity contribution < 1.29 is 29.0 Å². The molecule has 0 spiro atoms. The van der Waals surface area contributed by atoms with Gasteiger partial charge in [0.1, 0.15) is 11.6 Å². The van der Waals surface area contributed by atoms with Crippen LogP contribution in [0.5, 0.6) is 0 Å². The summed E-state index contributed by atoms with van der Waals surface area (Å²) < 4.78 is 9.36. The zero-order valence-corrected chi connectivity index (χ0v) is 48.6. The fraction of sp³-hybridized carbons (Fsp3) is 0.324. The maximum atomic E-state index is 14.2. The van der Waals surface area contributed by atoms with E-state index >= 15 is 0 Å². The Morgan fingerprint density at radius 3 is 1.33 bits per heavy atom. The number of esters is 1. The van der Waals surface area contributed by atoms with Crippen molar-refractivity contribution in [1.29, 1.82) is 0 Å². The molecule has 0 aliphatic rings. The molecule has 3 N–H and O–H groups in total. The van der Waals surface area contributed by atoms with Crippen LogP contribution in [0.15, 0.2) is 194 Å². The molecule has 2 heterocycles. The Morgan fingerprint density at radius 2 is 0.939 bits per heavy atom. The monoisotopic (exact) mass is 1100 g/mol. The van der Waals surface area contributed by atoms with E-state index in [1.807, 2.05) is 155 Å². The number of aliphatic hydroxyl groups excluding tert-OH is 1. The van der Waals surface area contributed by atoms with Gasteiger partial charge >= 0.3 is 5.97 Å². The molecule has 8 aromatic rings. The van der Waals surface area contributed by atoms with Crippen molar-refractivity contribution in [2.75, 3.05) is 45.9 Å². The van der Waals surface area contributed by atoms with Crippen molar-refractivity contribution in [2.24, 2.45) is 10.8 Å². The fourth-order valence-electron chi connectivity index (χ4n) is 10.1. The van der Waals surface area contributed by atoms with Crippen LogP contribution in [0.4, 0.5) is 0 Å². The van der Waals surface area contributed by atoms with Crippen LogP contribution >= 0.6 is 0 Å². The highest BCUT2D eigenvalue weighted by Crippen LogP contribution is 2.41. The molecular formula is C68H80N8O6. The lowest BCUT2D eigenvalue weighted by molar-refractivity contribution is -0.142. The van der Waals surface area contributed by atoms with E-state index in [0.717, 1.165) is 45.3 Å². The minimum Gasteiger partial charge on any atom is -0.465 e. The summed E-state index contributed by atoms with van der Waals surface area (Å²) in [7, 11) is 0. The lowest BCUT2D eigenvalue weighted by Crippen LogP contribution is -2.46. The highest BCUT2D eigenvalue weighted by atomic mass is 16.5. The zero-order valence-electron chi connectivity index (χ0n) is 48.6. The van der Waals surface area contributed by atoms with Crippen LogP contribution in [-0.2, 0) is 27.4 Å². The molecule has 0 fully saturated rings. The largest absolute Gasteiger partial charge is 0.465 e. The number of benzene rings is 6. The van der Waals surface area contributed by atoms with Gasteiger partial charge in [-0.2, -0.15) is 0 Å². The third-order valence-electron chi connectivity index (χ3n) is 13.8. The fourth-order valence-corrected chi connectivity index (χ4v) is 10.1. The molecule has 6 aromatic carbocycles. The molecule has 3 amide bonds. The minimum absolute atomic E-state index is 0.0250. The van der Waals surface area contributed by atoms with Crippen LogP contribution in [0.3, 0.4) is 0 Å². The van der Waals surface area contributed by atoms with Crippen molar-refractivity contribution in [3.63, 3.8) is 0 Å². The smallest absolute Gasteiger partial charge is 0.319 e. The number of hydrogen-bond acceptors (Lipinski definition) is 9. The number of rotatable bonds is 24. The maximum Gasteiger partial charge on any atom is 0.319 e. The van der Waals surface area contributed by atoms with E-state index in [4.69, 9.17) is 19.8 Å². The quantitative estimate of drug-likeness (QED) is 0.0395. The van der Waals surface area contributed by atoms with Crippen molar-refractivity contribution in [3.05, 3.63) is 228 Å². The first-order valence-electron chi connectivity index (χ1n) is 28.3. The number of hydrogen-bond donors (Lipinski definition) is 3. The van der Waals surface area contributed by atoms with Gasteiger partial charge in [-0.1, -0.05) is 199 Å². The number of aromatic nitrogens is 4. The second-order valence-corrected chi connectivity index (χ2v) is 22.4. The van der Waals surface area contributed by atoms with Crippen LogP contribution in [0.2, 0.25) is 0 Å². The lowest BCUT2D eigenvalue weighted by atomic mass is 9.84. The van der Waals surface area contributed by atoms with Crippen LogP contribution in [0, 0.1) is 10.8 Å². The SMILES string of the molecule is CC(C)(C)[C@H](c1nc(-c2ccccc2)cn1Cc1ccccc1)N(CCNC(=O)CCO)C(=O)c1ccccc1.CCOC(=O)CNCCCN(C(=O)c1ccccc1)[C@@H](c1nc(-c2ccccc2)cn1Cc1ccccc1)C(C)(C)C. The first-order valence-corrected chi connectivity index (χ1v) is 28.3. The molecule has 14 nitrogen and oxygen atoms in total. The van der Waals surface area contributed by atoms with E-state index in [1.165, 1.54) is 0 Å². The highest BCUT2D eigenvalue weighted by Gasteiger charge is 2.40. The van der Waals surface area contributed by atoms with E-state index in [0.29, 0.717) is 50.3 Å². The van der Waals surface area contributed by atoms with Gasteiger partial charge in [-0.15, -0.1) is 0 Å². The summed E-state index contributed by atoms with van der Waals surface area (Å²) in [6.45, 7) is 17.7. The lowest BCUT2D eigenvalue weighted by Gasteiger charge is -2.40. The van der Waals surface area contributed by atoms with Crippen LogP contribution in [0.25, 0.3) is 22.5 Å². The number of nitrogens with zero attached hydrogens (tertiary/aromatic N) is 6. The van der Waals surface area contributed by atoms with Gasteiger partial charge in [-0.25, -0.2) is 9.97 Å². The Balaban J connectivity index is 0.000000236. The van der Waals surface area contributed by atoms with Crippen molar-refractivity contribution in [3.8, 4) is 22.5 Å². The first-order chi connectivity index (χ1) is 39.5. The highest BCUT2D eigenvalue weighted by molar-refractivity contribution is 5.95. The number of aliphatic hydroxyl groups is 1. The molecule has 428 valence electrons. The summed E-state index contributed by atoms with van der Waals surface area (Å²) >= 11 is 0. The normalized spacial score (nSPS) is 12.1. The number of nitrogens with one attached hydrogen (secondary N) is 2. The summed E-state index contributed by atoms with van der Waals surface area (Å²) in [4.78, 5) is 66.4. The van der Waals surface area contributed by atoms with Crippen molar-refractivity contribution >= 4 is 23.7 Å². The molecule has 0 saturated carbocycles. The summed E-state index contributed by atoms with van der Waals surface area (Å²) in [6.07, 6.45) is 4.85. The Hall–Kier alpha value is -8.46. The molecule has 2 atom stereocenters. The Labute approximate surface area is 484 Å². The minimum atomic E-state index is -0.406. The molecular weight excluding hydrogens is 1020 g/mol. The van der Waals surface area contributed by atoms with Gasteiger partial charge in [-0.05, 0) is 66.1 Å². The Bertz CT molecular complexity index is 3230. The van der Waals surface area contributed by atoms with Crippen LogP contribution in [-0.4, -0.2) is 104 Å². The van der Waals surface area contributed by atoms with E-state index < -0.39 is 11.5 Å². The van der Waals surface area contributed by atoms with Gasteiger partial charge in [0.2, 0.25) is 5.91 Å². The van der Waals surface area contributed by atoms with E-state index in [2.05, 4.69) is 110 Å². The van der Waals surface area contributed by atoms with Crippen LogP contribution in [0.1, 0.15) is 117 Å². The molecule has 14 heteroatoms. The van der Waals surface area contributed by atoms with Gasteiger partial charge in [0.05, 0.1) is 43.2 Å². The third kappa shape index (κ3) is 17.3. The number of ether oxygens (including phenoxy) is 1. The standard InChI is InChI=1S/C35H42N4O3.C33H38N4O3/c1-5-42-31(40)24-36-22-15-23-39(34(41)29-20-13-8-14-21-29)32(35(2,3)4)33-37-30(28-18-11-7-12-19-28)26-38(33)25-27-16-9-6-10-17-27;1-33(2,3)30(37(21-20-34-29(39)19-22-38)32(40)27-17-11-6-12-18-27)31-35-28(26-15-9-5-10-16-26)24-36(31)23-25-13-7-4-8-14-25/h6-14,16-21,26,32,36H,5,15,22-25H2,1-4H3;4-18,24,30,38H,19-23H2,1-3H3,(H,34,39)/t32-;30-/m00/s1. The van der Waals surface area contributed by atoms with Gasteiger partial charge < -0.3 is 39.4 Å². The molecule has 0 bridgehead atoms. The molecule has 8 rings (SSSR count). The number of carbonyl (C=O) groups excluding carboxylic acids is 4. The van der Waals surface area contributed by atoms with Gasteiger partial charge in [0, 0.05) is 73.8 Å². The van der Waals surface area contributed by atoms with Crippen molar-refractivity contribution in [1.82, 2.24) is 39.5 Å². The van der Waals surface area contributed by atoms with E-state index in [9.17, 15) is 19.2 Å². The summed E-state index contributed by atoms with van der Waals surface area (Å²) in [5.74, 6) is 0.913. The topological polar surface area (TPSA) is 164 Å². The van der Waals surface area contributed by atoms with E-state index in [-0.39, 0.29) is 67.8 Å². The number of carbonyl (C=O) groups is 4. The maximum absolute atomic E-state index is 14.2. The summed E-state index contributed by atoms with van der Waals surface area (Å²) in [5.41, 5.74) is 6.51. The Kier molecular flexibility index (Phi) is 22.3. The summed E-state index contributed by atoms with van der Waals surface area (Å²) in [5, 5.41) is 15.1. The molecule has 0 saturated heterocycles. The molecule has 0 radical (unpaired) electrons. The van der Waals surface area contributed by atoms with Gasteiger partial charge in [-0.3, -0.25) is 19.2 Å². The predicted molar refractivity (Wildman–Crippen MR) is 325 cm³/mol. The zero-order chi connectivity index (χ0) is 58.5. The van der Waals surface area contributed by atoms with E-state index in [1.54, 1.807) is 6.92 Å². The molecule has 82 heavy (non-hydrogen) atoms. The number of imidazole rings is 2. The van der Waals surface area contributed by atoms with Gasteiger partial charge in [0.25, 0.3) is 11.8 Å². The molecule has 2 aromatic heterocycles. The second kappa shape index (κ2) is 29.8. The van der Waals surface area contributed by atoms with Crippen LogP contribution < -0.4 is 10.6 Å². The average Bonchev–Trinajstić information content (AvgIpc) is 4.17. The molecule has 0 aliphatic heterocycles. The number of amides is 3. The second-order valence-electron chi connectivity index (χ2n) is 22.4. The molecule has 0 unspecified atom stereocenters. The predicted octanol–water partition coefficient (Wildman–Crippen LogP) is 11.7. The average molecular weight is 1110 g/mol. The van der Waals surface area contributed by atoms with Gasteiger partial charge in [0.15, 0.2) is 0 Å². The van der Waals surface area contributed by atoms with Crippen molar-refractivity contribution in [2.45, 2.75) is 86.5 Å².